The van der Waals surface area contributed by atoms with E-state index in [2.05, 4.69) is 84.2 Å². The van der Waals surface area contributed by atoms with E-state index in [-0.39, 0.29) is 0 Å². The van der Waals surface area contributed by atoms with E-state index >= 15 is 0 Å². The third kappa shape index (κ3) is 5.21. The van der Waals surface area contributed by atoms with Gasteiger partial charge in [-0.25, -0.2) is 14.6 Å². The zero-order chi connectivity index (χ0) is 21.6. The number of aromatic nitrogens is 6. The summed E-state index contributed by atoms with van der Waals surface area (Å²) >= 11 is 1.59. The molecule has 0 radical (unpaired) electrons. The summed E-state index contributed by atoms with van der Waals surface area (Å²) in [6, 6.07) is 18.5. The Balaban J connectivity index is 1.21. The molecule has 10 heteroatoms. The normalized spacial score (nSPS) is 13.8. The molecule has 0 atom stereocenters. The summed E-state index contributed by atoms with van der Waals surface area (Å²) in [6.07, 6.45) is 3.38. The lowest BCUT2D eigenvalue weighted by atomic mass is 10.2. The van der Waals surface area contributed by atoms with Gasteiger partial charge in [-0.15, -0.1) is 5.10 Å². The zero-order valence-electron chi connectivity index (χ0n) is 17.3. The average Bonchev–Trinajstić information content (AvgIpc) is 3.35. The van der Waals surface area contributed by atoms with Crippen molar-refractivity contribution in [2.45, 2.75) is 16.5 Å². The van der Waals surface area contributed by atoms with Crippen LogP contribution in [0.25, 0.3) is 0 Å². The van der Waals surface area contributed by atoms with Crippen molar-refractivity contribution >= 4 is 29.1 Å². The van der Waals surface area contributed by atoms with Gasteiger partial charge in [0, 0.05) is 35.6 Å². The zero-order valence-corrected chi connectivity index (χ0v) is 18.1. The van der Waals surface area contributed by atoms with Gasteiger partial charge in [-0.1, -0.05) is 23.9 Å². The van der Waals surface area contributed by atoms with Crippen LogP contribution in [0.3, 0.4) is 0 Å². The number of rotatable bonds is 7. The summed E-state index contributed by atoms with van der Waals surface area (Å²) in [5.41, 5.74) is 3.29. The first-order chi connectivity index (χ1) is 15.8. The molecule has 1 aliphatic rings. The Labute approximate surface area is 189 Å². The van der Waals surface area contributed by atoms with Gasteiger partial charge < -0.3 is 15.0 Å². The van der Waals surface area contributed by atoms with E-state index in [1.165, 1.54) is 5.69 Å². The predicted molar refractivity (Wildman–Crippen MR) is 122 cm³/mol. The highest BCUT2D eigenvalue weighted by Gasteiger charge is 2.11. The van der Waals surface area contributed by atoms with E-state index in [0.29, 0.717) is 12.5 Å². The minimum atomic E-state index is 0.574. The molecule has 1 aliphatic heterocycles. The standard InChI is InChI=1S/C22H22N8OS/c1-7-20(8-2-17(1)15-30-16-24-27-28-30)32-21-9-10-23-22(26-21)25-18-3-5-19(6-4-18)29-11-13-31-14-12-29/h1-10,16H,11-15H2,(H,23,25,26). The Morgan fingerprint density at radius 2 is 1.78 bits per heavy atom. The third-order valence-electron chi connectivity index (χ3n) is 5.01. The van der Waals surface area contributed by atoms with Crippen LogP contribution in [0.1, 0.15) is 5.56 Å². The fourth-order valence-corrected chi connectivity index (χ4v) is 4.16. The molecule has 4 aromatic rings. The molecule has 2 aromatic carbocycles. The molecule has 3 heterocycles. The molecule has 0 aliphatic carbocycles. The number of benzene rings is 2. The molecular formula is C22H22N8OS. The van der Waals surface area contributed by atoms with E-state index in [0.717, 1.165) is 47.5 Å². The number of tetrazole rings is 1. The largest absolute Gasteiger partial charge is 0.378 e. The van der Waals surface area contributed by atoms with Crippen molar-refractivity contribution in [1.29, 1.82) is 0 Å². The summed E-state index contributed by atoms with van der Waals surface area (Å²) < 4.78 is 7.12. The van der Waals surface area contributed by atoms with Gasteiger partial charge in [0.2, 0.25) is 5.95 Å². The van der Waals surface area contributed by atoms with Gasteiger partial charge >= 0.3 is 0 Å². The highest BCUT2D eigenvalue weighted by atomic mass is 32.2. The van der Waals surface area contributed by atoms with Crippen LogP contribution < -0.4 is 10.2 Å². The van der Waals surface area contributed by atoms with Crippen molar-refractivity contribution in [2.75, 3.05) is 36.5 Å². The van der Waals surface area contributed by atoms with Crippen LogP contribution >= 0.6 is 11.8 Å². The highest BCUT2D eigenvalue weighted by molar-refractivity contribution is 7.99. The van der Waals surface area contributed by atoms with Crippen LogP contribution in [0, 0.1) is 0 Å². The second kappa shape index (κ2) is 9.75. The lowest BCUT2D eigenvalue weighted by Gasteiger charge is -2.28. The summed E-state index contributed by atoms with van der Waals surface area (Å²) in [5, 5.41) is 15.4. The lowest BCUT2D eigenvalue weighted by Crippen LogP contribution is -2.36. The molecule has 0 saturated carbocycles. The van der Waals surface area contributed by atoms with Crippen molar-refractivity contribution < 1.29 is 4.74 Å². The number of ether oxygens (including phenoxy) is 1. The van der Waals surface area contributed by atoms with Gasteiger partial charge in [0.15, 0.2) is 0 Å². The minimum absolute atomic E-state index is 0.574. The van der Waals surface area contributed by atoms with Crippen LogP contribution in [0.4, 0.5) is 17.3 Å². The summed E-state index contributed by atoms with van der Waals surface area (Å²) in [7, 11) is 0. The van der Waals surface area contributed by atoms with E-state index in [9.17, 15) is 0 Å². The van der Waals surface area contributed by atoms with Crippen molar-refractivity contribution in [1.82, 2.24) is 30.2 Å². The summed E-state index contributed by atoms with van der Waals surface area (Å²) in [5.74, 6) is 0.574. The Bertz CT molecular complexity index is 1130. The van der Waals surface area contributed by atoms with Gasteiger partial charge in [0.05, 0.1) is 19.8 Å². The number of hydrogen-bond acceptors (Lipinski definition) is 9. The smallest absolute Gasteiger partial charge is 0.228 e. The lowest BCUT2D eigenvalue weighted by molar-refractivity contribution is 0.122. The quantitative estimate of drug-likeness (QED) is 0.429. The topological polar surface area (TPSA) is 93.9 Å². The van der Waals surface area contributed by atoms with Crippen molar-refractivity contribution in [3.8, 4) is 0 Å². The second-order valence-electron chi connectivity index (χ2n) is 7.24. The predicted octanol–water partition coefficient (Wildman–Crippen LogP) is 3.24. The second-order valence-corrected chi connectivity index (χ2v) is 8.34. The molecule has 0 unspecified atom stereocenters. The van der Waals surface area contributed by atoms with Gasteiger partial charge in [-0.05, 0) is 58.5 Å². The van der Waals surface area contributed by atoms with Crippen molar-refractivity contribution in [3.63, 3.8) is 0 Å². The Hall–Kier alpha value is -3.50. The summed E-state index contributed by atoms with van der Waals surface area (Å²) in [6.45, 7) is 4.05. The van der Waals surface area contributed by atoms with Crippen molar-refractivity contribution in [2.24, 2.45) is 0 Å². The molecule has 1 fully saturated rings. The Morgan fingerprint density at radius 3 is 2.53 bits per heavy atom. The number of nitrogens with one attached hydrogen (secondary N) is 1. The molecule has 0 amide bonds. The van der Waals surface area contributed by atoms with Gasteiger partial charge in [-0.2, -0.15) is 0 Å². The van der Waals surface area contributed by atoms with E-state index in [1.807, 2.05) is 6.07 Å². The van der Waals surface area contributed by atoms with Crippen LogP contribution in [-0.4, -0.2) is 56.5 Å². The molecule has 162 valence electrons. The molecule has 2 aromatic heterocycles. The molecule has 0 bridgehead atoms. The van der Waals surface area contributed by atoms with Crippen LogP contribution in [0.2, 0.25) is 0 Å². The maximum Gasteiger partial charge on any atom is 0.228 e. The third-order valence-corrected chi connectivity index (χ3v) is 5.96. The van der Waals surface area contributed by atoms with Crippen LogP contribution in [-0.2, 0) is 11.3 Å². The molecule has 1 N–H and O–H groups in total. The molecule has 5 rings (SSSR count). The SMILES string of the molecule is c1cc(Sc2ccc(Cn3cnnn3)cc2)nc(Nc2ccc(N3CCOCC3)cc2)n1. The molecule has 9 nitrogen and oxygen atoms in total. The van der Waals surface area contributed by atoms with E-state index in [4.69, 9.17) is 4.74 Å². The monoisotopic (exact) mass is 446 g/mol. The number of anilines is 3. The highest BCUT2D eigenvalue weighted by Crippen LogP contribution is 2.27. The van der Waals surface area contributed by atoms with Gasteiger partial charge in [-0.3, -0.25) is 0 Å². The maximum absolute atomic E-state index is 5.42. The van der Waals surface area contributed by atoms with Gasteiger partial charge in [0.1, 0.15) is 11.4 Å². The fourth-order valence-electron chi connectivity index (χ4n) is 3.39. The average molecular weight is 447 g/mol. The molecule has 32 heavy (non-hydrogen) atoms. The number of hydrogen-bond donors (Lipinski definition) is 1. The minimum Gasteiger partial charge on any atom is -0.378 e. The number of nitrogens with zero attached hydrogens (tertiary/aromatic N) is 7. The first-order valence-electron chi connectivity index (χ1n) is 10.3. The molecular weight excluding hydrogens is 424 g/mol. The van der Waals surface area contributed by atoms with Crippen LogP contribution in [0.5, 0.6) is 0 Å². The van der Waals surface area contributed by atoms with Crippen LogP contribution in [0.15, 0.2) is 77.0 Å². The number of morpholine rings is 1. The summed E-state index contributed by atoms with van der Waals surface area (Å²) in [4.78, 5) is 12.4. The van der Waals surface area contributed by atoms with E-state index < -0.39 is 0 Å². The Morgan fingerprint density at radius 1 is 0.969 bits per heavy atom. The first-order valence-corrected chi connectivity index (χ1v) is 11.1. The molecule has 1 saturated heterocycles. The van der Waals surface area contributed by atoms with Gasteiger partial charge in [0.25, 0.3) is 0 Å². The maximum atomic E-state index is 5.42. The van der Waals surface area contributed by atoms with Crippen molar-refractivity contribution in [3.05, 3.63) is 72.7 Å². The van der Waals surface area contributed by atoms with E-state index in [1.54, 1.807) is 29.0 Å². The Kier molecular flexibility index (Phi) is 6.22. The first kappa shape index (κ1) is 20.4. The molecule has 0 spiro atoms. The fraction of sp³-hybridized carbons (Fsp3) is 0.227.